The topological polar surface area (TPSA) is 81.6 Å². The van der Waals surface area contributed by atoms with E-state index in [0.29, 0.717) is 34.6 Å². The summed E-state index contributed by atoms with van der Waals surface area (Å²) in [5.74, 6) is -0.473. The van der Waals surface area contributed by atoms with Crippen LogP contribution in [0.3, 0.4) is 0 Å². The van der Waals surface area contributed by atoms with Crippen LogP contribution in [0.25, 0.3) is 0 Å². The average molecular weight is 290 g/mol. The number of halogens is 2. The van der Waals surface area contributed by atoms with Gasteiger partial charge in [0.15, 0.2) is 0 Å². The second kappa shape index (κ2) is 5.22. The number of carbonyl (C=O) groups excluding carboxylic acids is 1. The minimum atomic E-state index is -0.572. The Morgan fingerprint density at radius 2 is 2.00 bits per heavy atom. The molecule has 1 aromatic rings. The average Bonchev–Trinajstić information content (AvgIpc) is 2.28. The first-order chi connectivity index (χ1) is 8.50. The van der Waals surface area contributed by atoms with Crippen molar-refractivity contribution in [1.82, 2.24) is 0 Å². The van der Waals surface area contributed by atoms with Crippen LogP contribution in [0.15, 0.2) is 12.1 Å². The maximum Gasteiger partial charge on any atom is 0.242 e. The van der Waals surface area contributed by atoms with Gasteiger partial charge in [-0.1, -0.05) is 23.2 Å². The van der Waals surface area contributed by atoms with E-state index in [1.165, 1.54) is 0 Å². The molecule has 1 heterocycles. The fraction of sp³-hybridized carbons (Fsp3) is 0.364. The molecule has 7 heteroatoms. The normalized spacial score (nSPS) is 19.9. The largest absolute Gasteiger partial charge is 0.399 e. The van der Waals surface area contributed by atoms with Gasteiger partial charge in [0.2, 0.25) is 5.91 Å². The van der Waals surface area contributed by atoms with Crippen LogP contribution in [0.5, 0.6) is 0 Å². The smallest absolute Gasteiger partial charge is 0.242 e. The molecule has 1 aliphatic heterocycles. The second-order valence-electron chi connectivity index (χ2n) is 4.02. The molecule has 0 aromatic heterocycles. The molecule has 98 valence electrons. The summed E-state index contributed by atoms with van der Waals surface area (Å²) in [6.45, 7) is 1.21. The molecular formula is C11H13Cl2N3O2. The number of primary amides is 1. The summed E-state index contributed by atoms with van der Waals surface area (Å²) in [4.78, 5) is 13.2. The highest BCUT2D eigenvalue weighted by Crippen LogP contribution is 2.37. The van der Waals surface area contributed by atoms with E-state index in [2.05, 4.69) is 0 Å². The van der Waals surface area contributed by atoms with E-state index in [0.717, 1.165) is 0 Å². The van der Waals surface area contributed by atoms with E-state index in [9.17, 15) is 4.79 Å². The number of hydrogen-bond acceptors (Lipinski definition) is 4. The molecule has 18 heavy (non-hydrogen) atoms. The molecule has 2 rings (SSSR count). The number of carbonyl (C=O) groups is 1. The van der Waals surface area contributed by atoms with Crippen LogP contribution >= 0.6 is 23.2 Å². The van der Waals surface area contributed by atoms with Crippen molar-refractivity contribution >= 4 is 40.5 Å². The van der Waals surface area contributed by atoms with Crippen molar-refractivity contribution in [2.24, 2.45) is 5.73 Å². The Morgan fingerprint density at radius 3 is 2.56 bits per heavy atom. The number of nitrogens with zero attached hydrogens (tertiary/aromatic N) is 1. The minimum Gasteiger partial charge on any atom is -0.399 e. The molecule has 0 saturated carbocycles. The minimum absolute atomic E-state index is 0.229. The Balaban J connectivity index is 2.43. The van der Waals surface area contributed by atoms with Crippen LogP contribution in [-0.2, 0) is 9.53 Å². The van der Waals surface area contributed by atoms with Crippen molar-refractivity contribution in [3.05, 3.63) is 22.2 Å². The quantitative estimate of drug-likeness (QED) is 0.804. The maximum atomic E-state index is 11.4. The highest BCUT2D eigenvalue weighted by molar-refractivity contribution is 6.39. The highest BCUT2D eigenvalue weighted by atomic mass is 35.5. The number of anilines is 2. The molecular weight excluding hydrogens is 277 g/mol. The van der Waals surface area contributed by atoms with Crippen LogP contribution in [0, 0.1) is 0 Å². The Bertz CT molecular complexity index is 458. The fourth-order valence-electron chi connectivity index (χ4n) is 1.97. The maximum absolute atomic E-state index is 11.4. The van der Waals surface area contributed by atoms with Crippen molar-refractivity contribution in [2.75, 3.05) is 30.4 Å². The van der Waals surface area contributed by atoms with Gasteiger partial charge >= 0.3 is 0 Å². The first-order valence-corrected chi connectivity index (χ1v) is 6.14. The van der Waals surface area contributed by atoms with Gasteiger partial charge in [0.1, 0.15) is 6.04 Å². The molecule has 1 amide bonds. The van der Waals surface area contributed by atoms with E-state index in [1.54, 1.807) is 17.0 Å². The standard InChI is InChI=1S/C11H13Cl2N3O2/c12-7-3-6(14)4-8(13)10(7)16-1-2-18-5-9(16)11(15)17/h3-4,9H,1-2,5,14H2,(H2,15,17). The third kappa shape index (κ3) is 2.48. The number of nitrogen functional groups attached to an aromatic ring is 1. The van der Waals surface area contributed by atoms with Gasteiger partial charge in [0.25, 0.3) is 0 Å². The molecule has 1 aromatic carbocycles. The summed E-state index contributed by atoms with van der Waals surface area (Å²) in [6.07, 6.45) is 0. The van der Waals surface area contributed by atoms with Crippen molar-refractivity contribution < 1.29 is 9.53 Å². The lowest BCUT2D eigenvalue weighted by Crippen LogP contribution is -2.52. The third-order valence-electron chi connectivity index (χ3n) is 2.78. The van der Waals surface area contributed by atoms with Crippen molar-refractivity contribution in [1.29, 1.82) is 0 Å². The van der Waals surface area contributed by atoms with Gasteiger partial charge in [-0.25, -0.2) is 0 Å². The van der Waals surface area contributed by atoms with E-state index in [-0.39, 0.29) is 6.61 Å². The van der Waals surface area contributed by atoms with Crippen molar-refractivity contribution in [2.45, 2.75) is 6.04 Å². The van der Waals surface area contributed by atoms with E-state index in [1.807, 2.05) is 0 Å². The second-order valence-corrected chi connectivity index (χ2v) is 4.83. The van der Waals surface area contributed by atoms with E-state index in [4.69, 9.17) is 39.4 Å². The van der Waals surface area contributed by atoms with Crippen molar-refractivity contribution in [3.8, 4) is 0 Å². The number of benzene rings is 1. The molecule has 1 unspecified atom stereocenters. The zero-order valence-electron chi connectivity index (χ0n) is 9.53. The molecule has 1 atom stereocenters. The van der Waals surface area contributed by atoms with Crippen LogP contribution in [-0.4, -0.2) is 31.7 Å². The highest BCUT2D eigenvalue weighted by Gasteiger charge is 2.30. The van der Waals surface area contributed by atoms with Gasteiger partial charge in [-0.3, -0.25) is 4.79 Å². The van der Waals surface area contributed by atoms with Crippen LogP contribution < -0.4 is 16.4 Å². The number of amides is 1. The molecule has 4 N–H and O–H groups in total. The predicted octanol–water partition coefficient (Wildman–Crippen LogP) is 1.27. The third-order valence-corrected chi connectivity index (χ3v) is 3.36. The number of morpholine rings is 1. The Kier molecular flexibility index (Phi) is 3.85. The molecule has 1 fully saturated rings. The fourth-order valence-corrected chi connectivity index (χ4v) is 2.69. The number of ether oxygens (including phenoxy) is 1. The lowest BCUT2D eigenvalue weighted by molar-refractivity contribution is -0.121. The molecule has 0 spiro atoms. The molecule has 0 aliphatic carbocycles. The predicted molar refractivity (Wildman–Crippen MR) is 72.0 cm³/mol. The van der Waals surface area contributed by atoms with E-state index >= 15 is 0 Å². The SMILES string of the molecule is NC(=O)C1COCCN1c1c(Cl)cc(N)cc1Cl. The van der Waals surface area contributed by atoms with Gasteiger partial charge in [-0.05, 0) is 12.1 Å². The molecule has 1 saturated heterocycles. The number of rotatable bonds is 2. The zero-order valence-corrected chi connectivity index (χ0v) is 11.0. The molecule has 5 nitrogen and oxygen atoms in total. The van der Waals surface area contributed by atoms with Gasteiger partial charge < -0.3 is 21.1 Å². The Labute approximate surface area is 115 Å². The van der Waals surface area contributed by atoms with Crippen molar-refractivity contribution in [3.63, 3.8) is 0 Å². The first-order valence-electron chi connectivity index (χ1n) is 5.39. The summed E-state index contributed by atoms with van der Waals surface area (Å²) >= 11 is 12.3. The summed E-state index contributed by atoms with van der Waals surface area (Å²) in [6, 6.07) is 2.62. The first kappa shape index (κ1) is 13.3. The molecule has 0 bridgehead atoms. The lowest BCUT2D eigenvalue weighted by atomic mass is 10.1. The van der Waals surface area contributed by atoms with E-state index < -0.39 is 11.9 Å². The molecule has 1 aliphatic rings. The monoisotopic (exact) mass is 289 g/mol. The zero-order chi connectivity index (χ0) is 13.3. The number of hydrogen-bond donors (Lipinski definition) is 2. The summed E-state index contributed by atoms with van der Waals surface area (Å²) in [5.41, 5.74) is 12.0. The lowest BCUT2D eigenvalue weighted by Gasteiger charge is -2.36. The summed E-state index contributed by atoms with van der Waals surface area (Å²) in [7, 11) is 0. The summed E-state index contributed by atoms with van der Waals surface area (Å²) in [5, 5.41) is 0.793. The number of nitrogens with two attached hydrogens (primary N) is 2. The van der Waals surface area contributed by atoms with Gasteiger partial charge in [0.05, 0.1) is 28.9 Å². The summed E-state index contributed by atoms with van der Waals surface area (Å²) < 4.78 is 5.25. The van der Waals surface area contributed by atoms with Crippen LogP contribution in [0.2, 0.25) is 10.0 Å². The van der Waals surface area contributed by atoms with Crippen LogP contribution in [0.4, 0.5) is 11.4 Å². The molecule has 0 radical (unpaired) electrons. The van der Waals surface area contributed by atoms with Gasteiger partial charge in [0, 0.05) is 12.2 Å². The van der Waals surface area contributed by atoms with Gasteiger partial charge in [-0.15, -0.1) is 0 Å². The Hall–Kier alpha value is -1.17. The Morgan fingerprint density at radius 1 is 1.39 bits per heavy atom. The van der Waals surface area contributed by atoms with Crippen LogP contribution in [0.1, 0.15) is 0 Å². The van der Waals surface area contributed by atoms with Gasteiger partial charge in [-0.2, -0.15) is 0 Å².